The van der Waals surface area contributed by atoms with Crippen LogP contribution in [0.3, 0.4) is 0 Å². The molecular weight excluding hydrogens is 230 g/mol. The standard InChI is InChI=1S/C14H21NO3/c1-11-12(7-6-9-15-11)18-10-5-4-8-14(2,3)13(16)17/h6-7,9H,4-5,8,10H2,1-3H3,(H,16,17). The van der Waals surface area contributed by atoms with Gasteiger partial charge in [0.25, 0.3) is 0 Å². The van der Waals surface area contributed by atoms with Crippen LogP contribution in [0.1, 0.15) is 38.8 Å². The van der Waals surface area contributed by atoms with Crippen LogP contribution in [0.25, 0.3) is 0 Å². The van der Waals surface area contributed by atoms with Crippen LogP contribution >= 0.6 is 0 Å². The number of carbonyl (C=O) groups is 1. The molecule has 0 fully saturated rings. The van der Waals surface area contributed by atoms with Gasteiger partial charge in [-0.2, -0.15) is 0 Å². The summed E-state index contributed by atoms with van der Waals surface area (Å²) in [6, 6.07) is 3.74. The summed E-state index contributed by atoms with van der Waals surface area (Å²) in [7, 11) is 0. The quantitative estimate of drug-likeness (QED) is 0.757. The first kappa shape index (κ1) is 14.5. The van der Waals surface area contributed by atoms with Crippen LogP contribution in [0.15, 0.2) is 18.3 Å². The molecule has 0 amide bonds. The van der Waals surface area contributed by atoms with Crippen molar-refractivity contribution >= 4 is 5.97 Å². The Morgan fingerprint density at radius 3 is 2.78 bits per heavy atom. The zero-order valence-electron chi connectivity index (χ0n) is 11.3. The van der Waals surface area contributed by atoms with E-state index in [0.29, 0.717) is 13.0 Å². The van der Waals surface area contributed by atoms with Crippen LogP contribution in [0.4, 0.5) is 0 Å². The molecule has 0 spiro atoms. The summed E-state index contributed by atoms with van der Waals surface area (Å²) >= 11 is 0. The van der Waals surface area contributed by atoms with Crippen LogP contribution in [0.2, 0.25) is 0 Å². The molecule has 0 aliphatic carbocycles. The summed E-state index contributed by atoms with van der Waals surface area (Å²) in [5, 5.41) is 8.97. The Hall–Kier alpha value is -1.58. The van der Waals surface area contributed by atoms with Crippen molar-refractivity contribution in [2.45, 2.75) is 40.0 Å². The number of carboxylic acids is 1. The molecule has 100 valence electrons. The lowest BCUT2D eigenvalue weighted by Gasteiger charge is -2.18. The Morgan fingerprint density at radius 1 is 1.44 bits per heavy atom. The van der Waals surface area contributed by atoms with Crippen LogP contribution in [0.5, 0.6) is 5.75 Å². The van der Waals surface area contributed by atoms with Gasteiger partial charge in [-0.1, -0.05) is 0 Å². The molecule has 0 aliphatic heterocycles. The van der Waals surface area contributed by atoms with Crippen molar-refractivity contribution in [2.75, 3.05) is 6.61 Å². The molecule has 0 unspecified atom stereocenters. The van der Waals surface area contributed by atoms with Crippen LogP contribution in [-0.2, 0) is 4.79 Å². The fraction of sp³-hybridized carbons (Fsp3) is 0.571. The molecule has 4 nitrogen and oxygen atoms in total. The Morgan fingerprint density at radius 2 is 2.17 bits per heavy atom. The minimum atomic E-state index is -0.744. The summed E-state index contributed by atoms with van der Waals surface area (Å²) in [5.41, 5.74) is 0.230. The molecule has 0 atom stereocenters. The molecule has 4 heteroatoms. The van der Waals surface area contributed by atoms with E-state index >= 15 is 0 Å². The van der Waals surface area contributed by atoms with Gasteiger partial charge in [0.05, 0.1) is 17.7 Å². The number of aryl methyl sites for hydroxylation is 1. The number of hydrogen-bond acceptors (Lipinski definition) is 3. The summed E-state index contributed by atoms with van der Waals surface area (Å²) in [6.45, 7) is 6.01. The first-order valence-corrected chi connectivity index (χ1v) is 6.21. The molecule has 1 aromatic rings. The molecule has 0 saturated carbocycles. The Bertz CT molecular complexity index is 402. The number of aliphatic carboxylic acids is 1. The average Bonchev–Trinajstić information content (AvgIpc) is 2.30. The number of pyridine rings is 1. The van der Waals surface area contributed by atoms with Gasteiger partial charge in [-0.05, 0) is 52.2 Å². The van der Waals surface area contributed by atoms with Crippen LogP contribution in [0, 0.1) is 12.3 Å². The largest absolute Gasteiger partial charge is 0.492 e. The zero-order chi connectivity index (χ0) is 13.6. The minimum Gasteiger partial charge on any atom is -0.492 e. The third-order valence-electron chi connectivity index (χ3n) is 2.99. The van der Waals surface area contributed by atoms with E-state index in [-0.39, 0.29) is 0 Å². The molecule has 1 N–H and O–H groups in total. The van der Waals surface area contributed by atoms with Crippen molar-refractivity contribution in [1.82, 2.24) is 4.98 Å². The van der Waals surface area contributed by atoms with Crippen molar-refractivity contribution in [3.05, 3.63) is 24.0 Å². The van der Waals surface area contributed by atoms with Gasteiger partial charge in [-0.25, -0.2) is 0 Å². The fourth-order valence-electron chi connectivity index (χ4n) is 1.58. The monoisotopic (exact) mass is 251 g/mol. The lowest BCUT2D eigenvalue weighted by Crippen LogP contribution is -2.23. The van der Waals surface area contributed by atoms with Gasteiger partial charge >= 0.3 is 5.97 Å². The molecule has 0 aromatic carbocycles. The van der Waals surface area contributed by atoms with E-state index in [1.54, 1.807) is 20.0 Å². The topological polar surface area (TPSA) is 59.4 Å². The fourth-order valence-corrected chi connectivity index (χ4v) is 1.58. The van der Waals surface area contributed by atoms with Crippen molar-refractivity contribution < 1.29 is 14.6 Å². The predicted octanol–water partition coefficient (Wildman–Crippen LogP) is 3.05. The molecule has 18 heavy (non-hydrogen) atoms. The highest BCUT2D eigenvalue weighted by Crippen LogP contribution is 2.23. The van der Waals surface area contributed by atoms with Gasteiger partial charge in [0.15, 0.2) is 0 Å². The number of rotatable bonds is 7. The first-order chi connectivity index (χ1) is 8.43. The number of hydrogen-bond donors (Lipinski definition) is 1. The maximum absolute atomic E-state index is 10.9. The summed E-state index contributed by atoms with van der Waals surface area (Å²) in [5.74, 6) is 0.0570. The van der Waals surface area contributed by atoms with Crippen LogP contribution < -0.4 is 4.74 Å². The van der Waals surface area contributed by atoms with E-state index in [9.17, 15) is 4.79 Å². The molecule has 0 radical (unpaired) electrons. The summed E-state index contributed by atoms with van der Waals surface area (Å²) in [4.78, 5) is 15.0. The summed E-state index contributed by atoms with van der Waals surface area (Å²) < 4.78 is 5.60. The molecule has 0 bridgehead atoms. The number of ether oxygens (including phenoxy) is 1. The molecule has 1 rings (SSSR count). The SMILES string of the molecule is Cc1ncccc1OCCCCC(C)(C)C(=O)O. The molecule has 0 aliphatic rings. The lowest BCUT2D eigenvalue weighted by atomic mass is 9.87. The normalized spacial score (nSPS) is 11.3. The molecular formula is C14H21NO3. The number of carboxylic acid groups (broad SMARTS) is 1. The Balaban J connectivity index is 2.24. The van der Waals surface area contributed by atoms with Crippen molar-refractivity contribution in [3.63, 3.8) is 0 Å². The third kappa shape index (κ3) is 4.35. The highest BCUT2D eigenvalue weighted by atomic mass is 16.5. The van der Waals surface area contributed by atoms with E-state index in [1.807, 2.05) is 19.1 Å². The van der Waals surface area contributed by atoms with Gasteiger partial charge < -0.3 is 9.84 Å². The number of unbranched alkanes of at least 4 members (excludes halogenated alkanes) is 1. The maximum atomic E-state index is 10.9. The zero-order valence-corrected chi connectivity index (χ0v) is 11.3. The lowest BCUT2D eigenvalue weighted by molar-refractivity contribution is -0.147. The maximum Gasteiger partial charge on any atom is 0.309 e. The van der Waals surface area contributed by atoms with E-state index in [0.717, 1.165) is 24.3 Å². The minimum absolute atomic E-state index is 0.599. The van der Waals surface area contributed by atoms with Gasteiger partial charge in [0, 0.05) is 6.20 Å². The first-order valence-electron chi connectivity index (χ1n) is 6.21. The average molecular weight is 251 g/mol. The van der Waals surface area contributed by atoms with Gasteiger partial charge in [-0.3, -0.25) is 9.78 Å². The van der Waals surface area contributed by atoms with E-state index in [2.05, 4.69) is 4.98 Å². The predicted molar refractivity (Wildman–Crippen MR) is 69.7 cm³/mol. The van der Waals surface area contributed by atoms with E-state index < -0.39 is 11.4 Å². The second-order valence-corrected chi connectivity index (χ2v) is 5.08. The van der Waals surface area contributed by atoms with E-state index in [4.69, 9.17) is 9.84 Å². The van der Waals surface area contributed by atoms with E-state index in [1.165, 1.54) is 0 Å². The van der Waals surface area contributed by atoms with Crippen LogP contribution in [-0.4, -0.2) is 22.7 Å². The molecule has 1 aromatic heterocycles. The number of nitrogens with zero attached hydrogens (tertiary/aromatic N) is 1. The van der Waals surface area contributed by atoms with Crippen molar-refractivity contribution in [2.24, 2.45) is 5.41 Å². The van der Waals surface area contributed by atoms with Crippen molar-refractivity contribution in [1.29, 1.82) is 0 Å². The van der Waals surface area contributed by atoms with Crippen molar-refractivity contribution in [3.8, 4) is 5.75 Å². The highest BCUT2D eigenvalue weighted by Gasteiger charge is 2.25. The molecule has 1 heterocycles. The van der Waals surface area contributed by atoms with Gasteiger partial charge in [-0.15, -0.1) is 0 Å². The Labute approximate surface area is 108 Å². The smallest absolute Gasteiger partial charge is 0.309 e. The highest BCUT2D eigenvalue weighted by molar-refractivity contribution is 5.73. The number of aromatic nitrogens is 1. The van der Waals surface area contributed by atoms with Gasteiger partial charge in [0.2, 0.25) is 0 Å². The third-order valence-corrected chi connectivity index (χ3v) is 2.99. The van der Waals surface area contributed by atoms with Gasteiger partial charge in [0.1, 0.15) is 5.75 Å². The molecule has 0 saturated heterocycles. The Kier molecular flexibility index (Phi) is 5.13. The summed E-state index contributed by atoms with van der Waals surface area (Å²) in [6.07, 6.45) is 4.10. The second-order valence-electron chi connectivity index (χ2n) is 5.08. The second kappa shape index (κ2) is 6.38.